The number of aromatic nitrogens is 1. The highest BCUT2D eigenvalue weighted by molar-refractivity contribution is 5.99. The Hall–Kier alpha value is -3.60. The summed E-state index contributed by atoms with van der Waals surface area (Å²) in [7, 11) is 3.09. The third-order valence-corrected chi connectivity index (χ3v) is 8.19. The molecule has 3 N–H and O–H groups in total. The summed E-state index contributed by atoms with van der Waals surface area (Å²) in [6.45, 7) is 2.05. The van der Waals surface area contributed by atoms with E-state index in [2.05, 4.69) is 15.6 Å². The minimum absolute atomic E-state index is 0.0303. The zero-order valence-electron chi connectivity index (χ0n) is 21.9. The van der Waals surface area contributed by atoms with Crippen LogP contribution in [0.1, 0.15) is 54.9 Å². The molecule has 4 saturated carbocycles. The van der Waals surface area contributed by atoms with Crippen LogP contribution in [0.4, 0.5) is 17.2 Å². The number of carbonyl (C=O) groups excluding carboxylic acids is 1. The fourth-order valence-electron chi connectivity index (χ4n) is 6.88. The molecular weight excluding hydrogens is 492 g/mol. The van der Waals surface area contributed by atoms with E-state index in [1.165, 1.54) is 13.3 Å². The van der Waals surface area contributed by atoms with Crippen LogP contribution in [0, 0.1) is 27.9 Å². The summed E-state index contributed by atoms with van der Waals surface area (Å²) < 4.78 is 15.9. The highest BCUT2D eigenvalue weighted by Crippen LogP contribution is 2.56. The van der Waals surface area contributed by atoms with Crippen LogP contribution in [0.2, 0.25) is 0 Å². The van der Waals surface area contributed by atoms with Crippen LogP contribution in [0.5, 0.6) is 11.5 Å². The first kappa shape index (κ1) is 26.0. The Kier molecular flexibility index (Phi) is 7.04. The lowest BCUT2D eigenvalue weighted by atomic mass is 9.52. The molecule has 1 aromatic heterocycles. The second-order valence-corrected chi connectivity index (χ2v) is 10.6. The molecule has 1 aromatic carbocycles. The lowest BCUT2D eigenvalue weighted by Gasteiger charge is -2.58. The maximum Gasteiger partial charge on any atom is 0.342 e. The third-order valence-electron chi connectivity index (χ3n) is 8.19. The van der Waals surface area contributed by atoms with Gasteiger partial charge in [0.05, 0.1) is 31.4 Å². The van der Waals surface area contributed by atoms with Crippen molar-refractivity contribution in [1.82, 2.24) is 4.98 Å². The van der Waals surface area contributed by atoms with Crippen molar-refractivity contribution in [1.29, 1.82) is 0 Å². The smallest absolute Gasteiger partial charge is 0.342 e. The van der Waals surface area contributed by atoms with E-state index < -0.39 is 16.5 Å². The first-order valence-corrected chi connectivity index (χ1v) is 13.0. The minimum Gasteiger partial charge on any atom is -0.493 e. The number of nitrogens with zero attached hydrogens (tertiary/aromatic N) is 2. The van der Waals surface area contributed by atoms with Crippen molar-refractivity contribution in [2.75, 3.05) is 31.5 Å². The molecule has 5 atom stereocenters. The number of aliphatic hydroxyl groups is 1. The molecule has 4 fully saturated rings. The molecule has 2 aromatic rings. The van der Waals surface area contributed by atoms with Crippen molar-refractivity contribution < 1.29 is 29.0 Å². The molecule has 11 nitrogen and oxygen atoms in total. The lowest BCUT2D eigenvalue weighted by Crippen LogP contribution is -2.59. The van der Waals surface area contributed by atoms with Crippen LogP contribution in [0.25, 0.3) is 0 Å². The molecule has 0 aliphatic heterocycles. The van der Waals surface area contributed by atoms with Crippen LogP contribution in [-0.2, 0) is 11.3 Å². The van der Waals surface area contributed by atoms with Crippen molar-refractivity contribution in [3.63, 3.8) is 0 Å². The van der Waals surface area contributed by atoms with Gasteiger partial charge in [-0.3, -0.25) is 10.1 Å². The molecule has 0 radical (unpaired) electrons. The van der Waals surface area contributed by atoms with E-state index in [-0.39, 0.29) is 53.8 Å². The highest BCUT2D eigenvalue weighted by Gasteiger charge is 2.55. The summed E-state index contributed by atoms with van der Waals surface area (Å²) in [6, 6.07) is 5.28. The van der Waals surface area contributed by atoms with Crippen LogP contribution in [0.15, 0.2) is 24.4 Å². The molecule has 11 heteroatoms. The first-order valence-electron chi connectivity index (χ1n) is 13.0. The Balaban J connectivity index is 1.48. The average molecular weight is 527 g/mol. The van der Waals surface area contributed by atoms with Gasteiger partial charge in [0.25, 0.3) is 0 Å². The van der Waals surface area contributed by atoms with E-state index >= 15 is 0 Å². The predicted molar refractivity (Wildman–Crippen MR) is 140 cm³/mol. The molecule has 0 amide bonds. The SMILES string of the molecule is CCOC(=O)c1cnc(NCc2ccc(OC)c(OC)c2)c([N+](=O)[O-])c1N[C@H]1[C@@H]2CC3C[C@H]1C[C@](O)(C3)C2. The number of hydrogen-bond acceptors (Lipinski definition) is 10. The number of anilines is 2. The zero-order chi connectivity index (χ0) is 27.0. The summed E-state index contributed by atoms with van der Waals surface area (Å²) in [4.78, 5) is 29.0. The number of nitro groups is 1. The molecule has 38 heavy (non-hydrogen) atoms. The number of rotatable bonds is 10. The molecule has 4 aliphatic carbocycles. The molecule has 1 unspecified atom stereocenters. The average Bonchev–Trinajstić information content (AvgIpc) is 2.88. The van der Waals surface area contributed by atoms with E-state index in [4.69, 9.17) is 14.2 Å². The normalized spacial score (nSPS) is 27.1. The third kappa shape index (κ3) is 4.82. The molecule has 6 rings (SSSR count). The number of carbonyl (C=O) groups is 1. The van der Waals surface area contributed by atoms with Crippen LogP contribution < -0.4 is 20.1 Å². The number of ether oxygens (including phenoxy) is 3. The van der Waals surface area contributed by atoms with Crippen molar-refractivity contribution in [3.8, 4) is 11.5 Å². The van der Waals surface area contributed by atoms with Gasteiger partial charge < -0.3 is 30.0 Å². The second kappa shape index (κ2) is 10.3. The van der Waals surface area contributed by atoms with Crippen LogP contribution in [0.3, 0.4) is 0 Å². The van der Waals surface area contributed by atoms with Crippen molar-refractivity contribution >= 4 is 23.2 Å². The van der Waals surface area contributed by atoms with Gasteiger partial charge in [0, 0.05) is 18.8 Å². The summed E-state index contributed by atoms with van der Waals surface area (Å²) in [6.07, 6.45) is 5.42. The van der Waals surface area contributed by atoms with Crippen molar-refractivity contribution in [3.05, 3.63) is 45.6 Å². The monoisotopic (exact) mass is 526 g/mol. The van der Waals surface area contributed by atoms with Gasteiger partial charge in [-0.2, -0.15) is 0 Å². The van der Waals surface area contributed by atoms with Gasteiger partial charge >= 0.3 is 11.7 Å². The number of esters is 1. The molecule has 0 spiro atoms. The zero-order valence-corrected chi connectivity index (χ0v) is 21.9. The predicted octanol–water partition coefficient (Wildman–Crippen LogP) is 4.15. The maximum absolute atomic E-state index is 12.8. The van der Waals surface area contributed by atoms with Gasteiger partial charge in [-0.15, -0.1) is 0 Å². The Morgan fingerprint density at radius 2 is 1.89 bits per heavy atom. The lowest BCUT2D eigenvalue weighted by molar-refractivity contribution is -0.383. The van der Waals surface area contributed by atoms with Gasteiger partial charge in [0.1, 0.15) is 11.3 Å². The van der Waals surface area contributed by atoms with Crippen LogP contribution >= 0.6 is 0 Å². The van der Waals surface area contributed by atoms with Crippen molar-refractivity contribution in [2.24, 2.45) is 17.8 Å². The number of nitrogens with one attached hydrogen (secondary N) is 2. The van der Waals surface area contributed by atoms with E-state index in [0.717, 1.165) is 24.8 Å². The van der Waals surface area contributed by atoms with E-state index in [9.17, 15) is 20.0 Å². The molecule has 204 valence electrons. The summed E-state index contributed by atoms with van der Waals surface area (Å²) in [5, 5.41) is 29.9. The Labute approximate surface area is 221 Å². The van der Waals surface area contributed by atoms with Gasteiger partial charge in [-0.1, -0.05) is 6.07 Å². The minimum atomic E-state index is -0.667. The fourth-order valence-corrected chi connectivity index (χ4v) is 6.88. The topological polar surface area (TPSA) is 145 Å². The fraction of sp³-hybridized carbons (Fsp3) is 0.556. The summed E-state index contributed by atoms with van der Waals surface area (Å²) in [5.74, 6) is 1.33. The Morgan fingerprint density at radius 1 is 1.18 bits per heavy atom. The van der Waals surface area contributed by atoms with E-state index in [0.29, 0.717) is 30.3 Å². The first-order chi connectivity index (χ1) is 18.2. The van der Waals surface area contributed by atoms with E-state index in [1.54, 1.807) is 26.2 Å². The molecule has 4 bridgehead atoms. The van der Waals surface area contributed by atoms with Crippen LogP contribution in [-0.4, -0.2) is 53.5 Å². The van der Waals surface area contributed by atoms with Gasteiger partial charge in [0.2, 0.25) is 5.82 Å². The summed E-state index contributed by atoms with van der Waals surface area (Å²) >= 11 is 0. The second-order valence-electron chi connectivity index (χ2n) is 10.6. The number of hydrogen-bond donors (Lipinski definition) is 3. The van der Waals surface area contributed by atoms with Gasteiger partial charge in [-0.25, -0.2) is 9.78 Å². The van der Waals surface area contributed by atoms with Gasteiger partial charge in [-0.05, 0) is 74.5 Å². The quantitative estimate of drug-likeness (QED) is 0.234. The van der Waals surface area contributed by atoms with Gasteiger partial charge in [0.15, 0.2) is 11.5 Å². The summed E-state index contributed by atoms with van der Waals surface area (Å²) in [5.41, 5.74) is 0.000575. The number of benzene rings is 1. The molecule has 0 saturated heterocycles. The van der Waals surface area contributed by atoms with Crippen molar-refractivity contribution in [2.45, 2.75) is 57.2 Å². The molecule has 1 heterocycles. The standard InChI is InChI=1S/C27H34N4O7/c1-4-38-26(32)19-14-29-25(28-13-15-5-6-20(36-2)21(9-15)37-3)24(31(34)35)23(19)30-22-17-7-16-8-18(22)12-27(33,10-16)11-17/h5-6,9,14,16-18,22,33H,4,7-8,10-13H2,1-3H3,(H2,28,29,30)/t16?,17-,18+,22+,27+. The number of pyridine rings is 1. The molecular formula is C27H34N4O7. The highest BCUT2D eigenvalue weighted by atomic mass is 16.6. The number of methoxy groups -OCH3 is 2. The largest absolute Gasteiger partial charge is 0.493 e. The molecule has 4 aliphatic rings. The Morgan fingerprint density at radius 3 is 2.50 bits per heavy atom. The Bertz CT molecular complexity index is 1220. The van der Waals surface area contributed by atoms with E-state index in [1.807, 2.05) is 6.07 Å². The maximum atomic E-state index is 12.8.